The maximum Gasteiger partial charge on any atom is 0.103 e. The van der Waals surface area contributed by atoms with E-state index in [4.69, 9.17) is 0 Å². The molecule has 0 spiro atoms. The number of aliphatic imine (C=N–C) groups is 1. The van der Waals surface area contributed by atoms with Gasteiger partial charge in [0.2, 0.25) is 0 Å². The zero-order valence-electron chi connectivity index (χ0n) is 27.0. The van der Waals surface area contributed by atoms with Crippen LogP contribution in [0.2, 0.25) is 0 Å². The molecular weight excluding hydrogens is 429 g/mol. The number of allylic oxidation sites excluding steroid dienone is 7. The Hall–Kier alpha value is -1.44. The van der Waals surface area contributed by atoms with Crippen LogP contribution in [0.15, 0.2) is 52.3 Å². The molecule has 2 heteroatoms. The molecule has 0 aromatic carbocycles. The van der Waals surface area contributed by atoms with E-state index in [-0.39, 0.29) is 5.83 Å². The van der Waals surface area contributed by atoms with E-state index in [2.05, 4.69) is 86.9 Å². The van der Waals surface area contributed by atoms with E-state index >= 15 is 0 Å². The fourth-order valence-electron chi connectivity index (χ4n) is 2.58. The smallest absolute Gasteiger partial charge is 0.103 e. The van der Waals surface area contributed by atoms with E-state index < -0.39 is 0 Å². The summed E-state index contributed by atoms with van der Waals surface area (Å²) in [6.45, 7) is 35.0. The Morgan fingerprint density at radius 2 is 1.49 bits per heavy atom. The van der Waals surface area contributed by atoms with Crippen molar-refractivity contribution >= 4 is 5.71 Å². The third-order valence-electron chi connectivity index (χ3n) is 4.61. The Labute approximate surface area is 223 Å². The summed E-state index contributed by atoms with van der Waals surface area (Å²) in [6, 6.07) is 0. The first-order valence-corrected chi connectivity index (χ1v) is 13.9. The third kappa shape index (κ3) is 40.0. The van der Waals surface area contributed by atoms with Gasteiger partial charge < -0.3 is 0 Å². The van der Waals surface area contributed by atoms with Gasteiger partial charge in [0.1, 0.15) is 5.83 Å². The van der Waals surface area contributed by atoms with E-state index in [1.54, 1.807) is 7.05 Å². The first-order valence-electron chi connectivity index (χ1n) is 13.9. The lowest BCUT2D eigenvalue weighted by Crippen LogP contribution is -2.06. The molecule has 2 unspecified atom stereocenters. The van der Waals surface area contributed by atoms with Crippen molar-refractivity contribution in [2.75, 3.05) is 7.05 Å². The predicted octanol–water partition coefficient (Wildman–Crippen LogP) is 12.4. The van der Waals surface area contributed by atoms with Gasteiger partial charge in [-0.25, -0.2) is 4.39 Å². The molecule has 0 radical (unpaired) electrons. The van der Waals surface area contributed by atoms with Crippen molar-refractivity contribution in [3.8, 4) is 0 Å². The molecule has 1 aliphatic rings. The van der Waals surface area contributed by atoms with Gasteiger partial charge in [0, 0.05) is 19.2 Å². The molecule has 0 aromatic rings. The molecule has 1 nitrogen and oxygen atoms in total. The number of hydrogen-bond donors (Lipinski definition) is 0. The average Bonchev–Trinajstić information content (AvgIpc) is 2.78. The van der Waals surface area contributed by atoms with Gasteiger partial charge in [-0.15, -0.1) is 6.58 Å². The van der Waals surface area contributed by atoms with Gasteiger partial charge in [-0.2, -0.15) is 0 Å². The van der Waals surface area contributed by atoms with E-state index in [1.807, 2.05) is 46.8 Å². The molecule has 0 heterocycles. The van der Waals surface area contributed by atoms with Crippen molar-refractivity contribution in [2.24, 2.45) is 22.7 Å². The van der Waals surface area contributed by atoms with Gasteiger partial charge in [0.15, 0.2) is 0 Å². The van der Waals surface area contributed by atoms with Crippen LogP contribution >= 0.6 is 0 Å². The van der Waals surface area contributed by atoms with Crippen molar-refractivity contribution in [1.29, 1.82) is 0 Å². The van der Waals surface area contributed by atoms with E-state index in [0.717, 1.165) is 36.0 Å². The summed E-state index contributed by atoms with van der Waals surface area (Å²) >= 11 is 0. The minimum atomic E-state index is 0.0717. The van der Waals surface area contributed by atoms with Gasteiger partial charge in [-0.05, 0) is 84.1 Å². The lowest BCUT2D eigenvalue weighted by molar-refractivity contribution is 0.479. The van der Waals surface area contributed by atoms with Crippen LogP contribution in [0.25, 0.3) is 0 Å². The van der Waals surface area contributed by atoms with Crippen LogP contribution in [-0.4, -0.2) is 12.8 Å². The van der Waals surface area contributed by atoms with E-state index in [1.165, 1.54) is 24.0 Å². The van der Waals surface area contributed by atoms with Crippen LogP contribution < -0.4 is 0 Å². The molecule has 0 N–H and O–H groups in total. The van der Waals surface area contributed by atoms with Crippen LogP contribution in [0.3, 0.4) is 0 Å². The Morgan fingerprint density at radius 3 is 1.77 bits per heavy atom. The second-order valence-electron chi connectivity index (χ2n) is 9.86. The van der Waals surface area contributed by atoms with Gasteiger partial charge in [0.05, 0.1) is 0 Å². The van der Waals surface area contributed by atoms with Crippen molar-refractivity contribution < 1.29 is 4.39 Å². The molecule has 2 atom stereocenters. The maximum absolute atomic E-state index is 13.0. The number of halogens is 1. The minimum Gasteiger partial charge on any atom is -0.298 e. The SMILES string of the molecule is C=CCC(C)C/C(C)=C/C.CC.CC(C)C.CCC.CCC1CC(F)=C(C)C=C1C.CN=C(C)C. The zero-order chi connectivity index (χ0) is 29.0. The second kappa shape index (κ2) is 32.6. The summed E-state index contributed by atoms with van der Waals surface area (Å²) in [4.78, 5) is 3.81. The molecule has 210 valence electrons. The fourth-order valence-corrected chi connectivity index (χ4v) is 2.58. The predicted molar refractivity (Wildman–Crippen MR) is 167 cm³/mol. The van der Waals surface area contributed by atoms with Crippen LogP contribution in [0.1, 0.15) is 136 Å². The highest BCUT2D eigenvalue weighted by molar-refractivity contribution is 5.78. The molecule has 35 heavy (non-hydrogen) atoms. The molecule has 0 saturated heterocycles. The zero-order valence-corrected chi connectivity index (χ0v) is 27.0. The Balaban J connectivity index is -0.000000114. The summed E-state index contributed by atoms with van der Waals surface area (Å²) in [5.74, 6) is 2.11. The van der Waals surface area contributed by atoms with Crippen LogP contribution in [0.5, 0.6) is 0 Å². The third-order valence-corrected chi connectivity index (χ3v) is 4.61. The first kappa shape index (κ1) is 43.6. The maximum atomic E-state index is 13.0. The Bertz CT molecular complexity index is 569. The lowest BCUT2D eigenvalue weighted by Gasteiger charge is -2.19. The van der Waals surface area contributed by atoms with Gasteiger partial charge in [-0.1, -0.05) is 98.1 Å². The molecule has 0 aromatic heterocycles. The molecule has 0 bridgehead atoms. The quantitative estimate of drug-likeness (QED) is 0.265. The highest BCUT2D eigenvalue weighted by atomic mass is 19.1. The summed E-state index contributed by atoms with van der Waals surface area (Å²) in [5, 5.41) is 0. The van der Waals surface area contributed by atoms with Gasteiger partial charge in [0.25, 0.3) is 0 Å². The molecule has 1 aliphatic carbocycles. The summed E-state index contributed by atoms with van der Waals surface area (Å²) in [7, 11) is 1.79. The highest BCUT2D eigenvalue weighted by Crippen LogP contribution is 2.31. The number of hydrogen-bond acceptors (Lipinski definition) is 1. The second-order valence-corrected chi connectivity index (χ2v) is 9.86. The lowest BCUT2D eigenvalue weighted by atomic mass is 9.87. The Kier molecular flexibility index (Phi) is 40.6. The normalized spacial score (nSPS) is 15.0. The average molecular weight is 496 g/mol. The summed E-state index contributed by atoms with van der Waals surface area (Å²) in [5.41, 5.74) is 4.75. The van der Waals surface area contributed by atoms with Gasteiger partial charge in [-0.3, -0.25) is 4.99 Å². The van der Waals surface area contributed by atoms with E-state index in [0.29, 0.717) is 12.3 Å². The van der Waals surface area contributed by atoms with Crippen molar-refractivity contribution in [3.05, 3.63) is 47.4 Å². The highest BCUT2D eigenvalue weighted by Gasteiger charge is 2.16. The van der Waals surface area contributed by atoms with Crippen molar-refractivity contribution in [3.63, 3.8) is 0 Å². The standard InChI is InChI=1S/C10H15F.C10H18.C4H9N.C4H10.C3H8.C2H6/c1-4-9-6-10(11)8(3)5-7(9)2;1-5-7-10(4)8-9(3)6-2;1-4(2)5-3;1-4(2)3;1-3-2;1-2/h5,9H,4,6H2,1-3H3;5-6,10H,1,7-8H2,2-4H3;1-3H3;4H,1-3H3;3H2,1-2H3;1-2H3/b;9-6+;;;;. The van der Waals surface area contributed by atoms with Crippen LogP contribution in [-0.2, 0) is 0 Å². The van der Waals surface area contributed by atoms with Crippen LogP contribution in [0, 0.1) is 17.8 Å². The number of rotatable bonds is 5. The Morgan fingerprint density at radius 1 is 1.09 bits per heavy atom. The molecule has 0 saturated carbocycles. The summed E-state index contributed by atoms with van der Waals surface area (Å²) < 4.78 is 13.0. The van der Waals surface area contributed by atoms with Crippen LogP contribution in [0.4, 0.5) is 4.39 Å². The van der Waals surface area contributed by atoms with E-state index in [9.17, 15) is 4.39 Å². The molecular formula is C33H66FN. The molecule has 1 rings (SSSR count). The monoisotopic (exact) mass is 496 g/mol. The molecule has 0 aliphatic heterocycles. The number of nitrogens with zero attached hydrogens (tertiary/aromatic N) is 1. The van der Waals surface area contributed by atoms with Crippen molar-refractivity contribution in [1.82, 2.24) is 0 Å². The van der Waals surface area contributed by atoms with Gasteiger partial charge >= 0.3 is 0 Å². The fraction of sp³-hybridized carbons (Fsp3) is 0.727. The topological polar surface area (TPSA) is 12.4 Å². The van der Waals surface area contributed by atoms with Crippen molar-refractivity contribution in [2.45, 2.75) is 136 Å². The minimum absolute atomic E-state index is 0.0717. The summed E-state index contributed by atoms with van der Waals surface area (Å²) in [6.07, 6.45) is 11.4. The molecule has 0 fully saturated rings. The largest absolute Gasteiger partial charge is 0.298 e. The molecule has 0 amide bonds. The first-order chi connectivity index (χ1) is 16.3.